The number of fused-ring (bicyclic) bond motifs is 1. The maximum absolute atomic E-state index is 13.1. The van der Waals surface area contributed by atoms with Crippen LogP contribution in [0.4, 0.5) is 10.1 Å². The first-order chi connectivity index (χ1) is 14.1. The van der Waals surface area contributed by atoms with Gasteiger partial charge in [0.25, 0.3) is 5.56 Å². The van der Waals surface area contributed by atoms with Gasteiger partial charge in [0.15, 0.2) is 5.16 Å². The highest BCUT2D eigenvalue weighted by molar-refractivity contribution is 8.00. The molecule has 1 unspecified atom stereocenters. The number of benzene rings is 3. The molecule has 7 heteroatoms. The van der Waals surface area contributed by atoms with Crippen molar-refractivity contribution in [1.29, 1.82) is 0 Å². The minimum atomic E-state index is -0.662. The molecule has 1 aromatic heterocycles. The molecule has 3 aromatic carbocycles. The summed E-state index contributed by atoms with van der Waals surface area (Å²) in [4.78, 5) is 32.6. The first-order valence-corrected chi connectivity index (χ1v) is 9.75. The summed E-state index contributed by atoms with van der Waals surface area (Å²) in [5, 5.41) is 2.97. The van der Waals surface area contributed by atoms with Crippen molar-refractivity contribution < 1.29 is 9.18 Å². The summed E-state index contributed by atoms with van der Waals surface area (Å²) >= 11 is 1.15. The number of carbonyl (C=O) groups excluding carboxylic acids is 1. The maximum atomic E-state index is 13.1. The summed E-state index contributed by atoms with van der Waals surface area (Å²) < 4.78 is 13.1. The second-order valence-electron chi connectivity index (χ2n) is 6.29. The number of nitrogens with zero attached hydrogens (tertiary/aromatic N) is 1. The number of para-hydroxylation sites is 1. The predicted octanol–water partition coefficient (Wildman–Crippen LogP) is 4.53. The molecule has 0 saturated heterocycles. The van der Waals surface area contributed by atoms with E-state index in [-0.39, 0.29) is 17.3 Å². The summed E-state index contributed by atoms with van der Waals surface area (Å²) in [5.74, 6) is -0.682. The summed E-state index contributed by atoms with van der Waals surface area (Å²) in [5.41, 5.74) is 1.54. The second-order valence-corrected chi connectivity index (χ2v) is 7.39. The van der Waals surface area contributed by atoms with E-state index in [1.165, 1.54) is 24.3 Å². The van der Waals surface area contributed by atoms with Crippen molar-refractivity contribution in [2.75, 3.05) is 5.32 Å². The van der Waals surface area contributed by atoms with Gasteiger partial charge in [0.1, 0.15) is 11.1 Å². The quantitative estimate of drug-likeness (QED) is 0.378. The minimum absolute atomic E-state index is 0.260. The van der Waals surface area contributed by atoms with Gasteiger partial charge in [-0.15, -0.1) is 0 Å². The van der Waals surface area contributed by atoms with E-state index in [9.17, 15) is 14.0 Å². The van der Waals surface area contributed by atoms with Gasteiger partial charge in [-0.1, -0.05) is 54.2 Å². The van der Waals surface area contributed by atoms with E-state index >= 15 is 0 Å². The van der Waals surface area contributed by atoms with E-state index in [1.54, 1.807) is 24.3 Å². The third-order valence-electron chi connectivity index (χ3n) is 4.27. The zero-order valence-electron chi connectivity index (χ0n) is 15.1. The lowest BCUT2D eigenvalue weighted by Gasteiger charge is -2.16. The molecule has 2 N–H and O–H groups in total. The minimum Gasteiger partial charge on any atom is -0.325 e. The van der Waals surface area contributed by atoms with Crippen LogP contribution in [-0.2, 0) is 4.79 Å². The number of hydrogen-bond acceptors (Lipinski definition) is 4. The van der Waals surface area contributed by atoms with Crippen LogP contribution in [0.3, 0.4) is 0 Å². The van der Waals surface area contributed by atoms with Crippen molar-refractivity contribution in [3.05, 3.63) is 101 Å². The monoisotopic (exact) mass is 405 g/mol. The average Bonchev–Trinajstić information content (AvgIpc) is 2.74. The molecule has 0 aliphatic heterocycles. The maximum Gasteiger partial charge on any atom is 0.259 e. The standard InChI is InChI=1S/C22H16FN3O2S/c23-15-10-12-16(13-11-15)24-21(28)19(14-6-2-1-3-7-14)29-22-25-18-9-5-4-8-17(18)20(27)26-22/h1-13,19H,(H,24,28)(H,25,26,27). The molecule has 0 radical (unpaired) electrons. The number of aromatic nitrogens is 2. The van der Waals surface area contributed by atoms with Crippen molar-refractivity contribution in [3.8, 4) is 0 Å². The molecular weight excluding hydrogens is 389 g/mol. The fourth-order valence-corrected chi connectivity index (χ4v) is 3.86. The molecule has 0 bridgehead atoms. The number of halogens is 1. The molecule has 4 aromatic rings. The molecule has 5 nitrogen and oxygen atoms in total. The van der Waals surface area contributed by atoms with Gasteiger partial charge in [-0.05, 0) is 42.0 Å². The Morgan fingerprint density at radius 2 is 1.66 bits per heavy atom. The van der Waals surface area contributed by atoms with Crippen LogP contribution in [0.2, 0.25) is 0 Å². The molecule has 1 heterocycles. The van der Waals surface area contributed by atoms with Gasteiger partial charge in [-0.25, -0.2) is 9.37 Å². The Balaban J connectivity index is 1.67. The average molecular weight is 405 g/mol. The van der Waals surface area contributed by atoms with Crippen LogP contribution in [-0.4, -0.2) is 15.9 Å². The zero-order chi connectivity index (χ0) is 20.2. The van der Waals surface area contributed by atoms with Crippen LogP contribution >= 0.6 is 11.8 Å². The molecule has 1 atom stereocenters. The van der Waals surface area contributed by atoms with Crippen LogP contribution in [0.5, 0.6) is 0 Å². The van der Waals surface area contributed by atoms with Crippen LogP contribution in [0, 0.1) is 5.82 Å². The molecule has 0 spiro atoms. The molecule has 29 heavy (non-hydrogen) atoms. The summed E-state index contributed by atoms with van der Waals surface area (Å²) in [6, 6.07) is 21.8. The van der Waals surface area contributed by atoms with Gasteiger partial charge in [0.05, 0.1) is 10.9 Å². The summed E-state index contributed by atoms with van der Waals surface area (Å²) in [7, 11) is 0. The van der Waals surface area contributed by atoms with Gasteiger partial charge in [0.2, 0.25) is 5.91 Å². The molecule has 4 rings (SSSR count). The lowest BCUT2D eigenvalue weighted by molar-refractivity contribution is -0.115. The van der Waals surface area contributed by atoms with E-state index in [1.807, 2.05) is 30.3 Å². The van der Waals surface area contributed by atoms with E-state index in [4.69, 9.17) is 0 Å². The number of thioether (sulfide) groups is 1. The molecule has 0 fully saturated rings. The molecule has 0 saturated carbocycles. The number of nitrogens with one attached hydrogen (secondary N) is 2. The number of rotatable bonds is 5. The van der Waals surface area contributed by atoms with Crippen molar-refractivity contribution in [2.45, 2.75) is 10.4 Å². The highest BCUT2D eigenvalue weighted by Crippen LogP contribution is 2.34. The topological polar surface area (TPSA) is 74.8 Å². The molecule has 144 valence electrons. The third kappa shape index (κ3) is 4.35. The van der Waals surface area contributed by atoms with Crippen molar-refractivity contribution in [2.24, 2.45) is 0 Å². The van der Waals surface area contributed by atoms with Crippen LogP contribution in [0.1, 0.15) is 10.8 Å². The number of anilines is 1. The van der Waals surface area contributed by atoms with Crippen LogP contribution in [0.15, 0.2) is 88.8 Å². The van der Waals surface area contributed by atoms with Gasteiger partial charge >= 0.3 is 0 Å². The van der Waals surface area contributed by atoms with E-state index < -0.39 is 5.25 Å². The summed E-state index contributed by atoms with van der Waals surface area (Å²) in [6.07, 6.45) is 0. The third-order valence-corrected chi connectivity index (χ3v) is 5.41. The SMILES string of the molecule is O=C(Nc1ccc(F)cc1)C(Sc1nc2ccccc2c(=O)[nH]1)c1ccccc1. The highest BCUT2D eigenvalue weighted by atomic mass is 32.2. The van der Waals surface area contributed by atoms with Gasteiger partial charge in [-0.2, -0.15) is 0 Å². The molecular formula is C22H16FN3O2S. The van der Waals surface area contributed by atoms with E-state index in [2.05, 4.69) is 15.3 Å². The number of H-pyrrole nitrogens is 1. The predicted molar refractivity (Wildman–Crippen MR) is 112 cm³/mol. The molecule has 0 aliphatic carbocycles. The lowest BCUT2D eigenvalue weighted by Crippen LogP contribution is -2.20. The van der Waals surface area contributed by atoms with Crippen molar-refractivity contribution >= 4 is 34.3 Å². The Kier molecular flexibility index (Phi) is 5.39. The summed E-state index contributed by atoms with van der Waals surface area (Å²) in [6.45, 7) is 0. The smallest absolute Gasteiger partial charge is 0.259 e. The lowest BCUT2D eigenvalue weighted by atomic mass is 10.1. The Bertz CT molecular complexity index is 1210. The van der Waals surface area contributed by atoms with Gasteiger partial charge < -0.3 is 10.3 Å². The first-order valence-electron chi connectivity index (χ1n) is 8.87. The van der Waals surface area contributed by atoms with E-state index in [0.29, 0.717) is 21.7 Å². The zero-order valence-corrected chi connectivity index (χ0v) is 15.9. The van der Waals surface area contributed by atoms with Gasteiger partial charge in [-0.3, -0.25) is 9.59 Å². The number of aromatic amines is 1. The van der Waals surface area contributed by atoms with Gasteiger partial charge in [0, 0.05) is 5.69 Å². The number of hydrogen-bond donors (Lipinski definition) is 2. The van der Waals surface area contributed by atoms with E-state index in [0.717, 1.165) is 17.3 Å². The first kappa shape index (κ1) is 18.9. The Hall–Kier alpha value is -3.45. The van der Waals surface area contributed by atoms with Crippen LogP contribution < -0.4 is 10.9 Å². The van der Waals surface area contributed by atoms with Crippen LogP contribution in [0.25, 0.3) is 10.9 Å². The van der Waals surface area contributed by atoms with Crippen molar-refractivity contribution in [3.63, 3.8) is 0 Å². The normalized spacial score (nSPS) is 11.9. The Morgan fingerprint density at radius 1 is 0.966 bits per heavy atom. The fourth-order valence-electron chi connectivity index (χ4n) is 2.87. The fraction of sp³-hybridized carbons (Fsp3) is 0.0455. The Labute approximate surface area is 170 Å². The molecule has 1 amide bonds. The van der Waals surface area contributed by atoms with Crippen molar-refractivity contribution in [1.82, 2.24) is 9.97 Å². The molecule has 0 aliphatic rings. The largest absolute Gasteiger partial charge is 0.325 e. The number of amides is 1. The second kappa shape index (κ2) is 8.28. The Morgan fingerprint density at radius 3 is 2.41 bits per heavy atom. The highest BCUT2D eigenvalue weighted by Gasteiger charge is 2.23. The number of carbonyl (C=O) groups is 1.